The summed E-state index contributed by atoms with van der Waals surface area (Å²) in [4.78, 5) is 16.2. The van der Waals surface area contributed by atoms with Gasteiger partial charge in [-0.15, -0.1) is 11.3 Å². The van der Waals surface area contributed by atoms with Crippen LogP contribution in [0.2, 0.25) is 0 Å². The smallest absolute Gasteiger partial charge is 0.341 e. The van der Waals surface area contributed by atoms with Gasteiger partial charge in [0.25, 0.3) is 0 Å². The Morgan fingerprint density at radius 1 is 1.50 bits per heavy atom. The fourth-order valence-corrected chi connectivity index (χ4v) is 2.86. The van der Waals surface area contributed by atoms with E-state index in [-0.39, 0.29) is 12.2 Å². The highest BCUT2D eigenvalue weighted by Gasteiger charge is 2.14. The summed E-state index contributed by atoms with van der Waals surface area (Å²) in [5, 5.41) is 2.88. The Labute approximate surface area is 128 Å². The van der Waals surface area contributed by atoms with Crippen molar-refractivity contribution in [2.75, 3.05) is 0 Å². The second kappa shape index (κ2) is 6.95. The van der Waals surface area contributed by atoms with Gasteiger partial charge in [0.15, 0.2) is 0 Å². The van der Waals surface area contributed by atoms with Crippen molar-refractivity contribution in [2.45, 2.75) is 26.4 Å². The Hall–Kier alpha value is -1.27. The summed E-state index contributed by atoms with van der Waals surface area (Å²) >= 11 is 4.74. The number of rotatable bonds is 5. The summed E-state index contributed by atoms with van der Waals surface area (Å²) in [6, 6.07) is 4.16. The highest BCUT2D eigenvalue weighted by molar-refractivity contribution is 9.10. The molecule has 0 amide bonds. The maximum atomic E-state index is 13.5. The zero-order chi connectivity index (χ0) is 14.5. The van der Waals surface area contributed by atoms with Crippen molar-refractivity contribution in [3.05, 3.63) is 50.1 Å². The number of esters is 1. The van der Waals surface area contributed by atoms with Crippen LogP contribution in [0.25, 0.3) is 0 Å². The molecule has 0 saturated heterocycles. The van der Waals surface area contributed by atoms with Crippen LogP contribution in [-0.2, 0) is 17.8 Å². The lowest BCUT2D eigenvalue weighted by Gasteiger charge is -2.04. The van der Waals surface area contributed by atoms with Crippen LogP contribution in [0.1, 0.15) is 34.4 Å². The van der Waals surface area contributed by atoms with Crippen LogP contribution in [0.3, 0.4) is 0 Å². The summed E-state index contributed by atoms with van der Waals surface area (Å²) in [6.07, 6.45) is 1.94. The number of carbonyl (C=O) groups excluding carboxylic acids is 1. The van der Waals surface area contributed by atoms with Gasteiger partial charge < -0.3 is 4.74 Å². The van der Waals surface area contributed by atoms with Crippen molar-refractivity contribution in [3.63, 3.8) is 0 Å². The van der Waals surface area contributed by atoms with Crippen LogP contribution >= 0.6 is 27.3 Å². The van der Waals surface area contributed by atoms with E-state index in [0.29, 0.717) is 10.2 Å². The van der Waals surface area contributed by atoms with Crippen LogP contribution < -0.4 is 0 Å². The number of thiazole rings is 1. The van der Waals surface area contributed by atoms with Crippen LogP contribution in [-0.4, -0.2) is 11.0 Å². The minimum atomic E-state index is -0.686. The molecule has 6 heteroatoms. The van der Waals surface area contributed by atoms with Crippen molar-refractivity contribution >= 4 is 33.2 Å². The van der Waals surface area contributed by atoms with Gasteiger partial charge >= 0.3 is 5.97 Å². The Bertz CT molecular complexity index is 615. The van der Waals surface area contributed by atoms with Crippen molar-refractivity contribution in [2.24, 2.45) is 0 Å². The molecule has 106 valence electrons. The molecule has 1 aromatic carbocycles. The van der Waals surface area contributed by atoms with Gasteiger partial charge in [0.1, 0.15) is 12.4 Å². The molecule has 0 bridgehead atoms. The third-order valence-corrected chi connectivity index (χ3v) is 4.01. The second-order valence-corrected chi connectivity index (χ2v) is 6.04. The van der Waals surface area contributed by atoms with Gasteiger partial charge in [-0.2, -0.15) is 0 Å². The maximum absolute atomic E-state index is 13.5. The Morgan fingerprint density at radius 2 is 2.30 bits per heavy atom. The number of halogens is 2. The molecule has 2 aromatic rings. The zero-order valence-electron chi connectivity index (χ0n) is 10.9. The van der Waals surface area contributed by atoms with E-state index in [1.807, 2.05) is 5.38 Å². The molecule has 1 aromatic heterocycles. The predicted molar refractivity (Wildman–Crippen MR) is 79.3 cm³/mol. The van der Waals surface area contributed by atoms with E-state index >= 15 is 0 Å². The molecule has 0 unspecified atom stereocenters. The quantitative estimate of drug-likeness (QED) is 0.746. The molecular formula is C14H13BrFNO2S. The van der Waals surface area contributed by atoms with Gasteiger partial charge in [0.05, 0.1) is 16.3 Å². The molecule has 0 aliphatic rings. The summed E-state index contributed by atoms with van der Waals surface area (Å²) in [5.41, 5.74) is 0.616. The van der Waals surface area contributed by atoms with E-state index in [2.05, 4.69) is 27.8 Å². The number of aryl methyl sites for hydroxylation is 1. The number of nitrogens with zero attached hydrogens (tertiary/aromatic N) is 1. The first-order chi connectivity index (χ1) is 9.60. The monoisotopic (exact) mass is 357 g/mol. The second-order valence-electron chi connectivity index (χ2n) is 4.18. The van der Waals surface area contributed by atoms with Gasteiger partial charge in [-0.25, -0.2) is 14.2 Å². The molecule has 2 rings (SSSR count). The zero-order valence-corrected chi connectivity index (χ0v) is 13.3. The topological polar surface area (TPSA) is 39.2 Å². The minimum absolute atomic E-state index is 0.0605. The maximum Gasteiger partial charge on any atom is 0.341 e. The van der Waals surface area contributed by atoms with Crippen LogP contribution in [0.4, 0.5) is 4.39 Å². The molecule has 0 N–H and O–H groups in total. The van der Waals surface area contributed by atoms with E-state index in [1.54, 1.807) is 11.3 Å². The fourth-order valence-electron chi connectivity index (χ4n) is 1.62. The largest absolute Gasteiger partial charge is 0.455 e. The van der Waals surface area contributed by atoms with E-state index in [1.165, 1.54) is 18.2 Å². The lowest BCUT2D eigenvalue weighted by molar-refractivity contribution is 0.0463. The Kier molecular flexibility index (Phi) is 5.25. The SMILES string of the molecule is CCCc1nc(COC(=O)c2cc(Br)ccc2F)cs1. The highest BCUT2D eigenvalue weighted by Crippen LogP contribution is 2.18. The fraction of sp³-hybridized carbons (Fsp3) is 0.286. The molecule has 0 fully saturated rings. The lowest BCUT2D eigenvalue weighted by atomic mass is 10.2. The van der Waals surface area contributed by atoms with Crippen molar-refractivity contribution in [1.29, 1.82) is 0 Å². The minimum Gasteiger partial charge on any atom is -0.455 e. The Morgan fingerprint density at radius 3 is 3.05 bits per heavy atom. The van der Waals surface area contributed by atoms with Gasteiger partial charge in [0.2, 0.25) is 0 Å². The highest BCUT2D eigenvalue weighted by atomic mass is 79.9. The number of ether oxygens (including phenoxy) is 1. The number of carbonyl (C=O) groups is 1. The predicted octanol–water partition coefficient (Wildman–Crippen LogP) is 4.35. The van der Waals surface area contributed by atoms with Crippen LogP contribution in [0.15, 0.2) is 28.1 Å². The number of hydrogen-bond acceptors (Lipinski definition) is 4. The molecule has 20 heavy (non-hydrogen) atoms. The number of benzene rings is 1. The number of hydrogen-bond donors (Lipinski definition) is 0. The average molecular weight is 358 g/mol. The molecule has 1 heterocycles. The first kappa shape index (κ1) is 15.1. The molecule has 0 radical (unpaired) electrons. The molecule has 0 spiro atoms. The van der Waals surface area contributed by atoms with Gasteiger partial charge in [0, 0.05) is 9.85 Å². The summed E-state index contributed by atoms with van der Waals surface area (Å²) in [6.45, 7) is 2.14. The molecule has 3 nitrogen and oxygen atoms in total. The van der Waals surface area contributed by atoms with Gasteiger partial charge in [-0.3, -0.25) is 0 Å². The first-order valence-electron chi connectivity index (χ1n) is 6.15. The molecular weight excluding hydrogens is 345 g/mol. The summed E-state index contributed by atoms with van der Waals surface area (Å²) in [7, 11) is 0. The molecule has 0 saturated carbocycles. The lowest BCUT2D eigenvalue weighted by Crippen LogP contribution is -2.08. The summed E-state index contributed by atoms with van der Waals surface area (Å²) in [5.74, 6) is -1.28. The molecule has 0 aliphatic carbocycles. The van der Waals surface area contributed by atoms with Gasteiger partial charge in [-0.05, 0) is 31.0 Å². The third kappa shape index (κ3) is 3.86. The number of aromatic nitrogens is 1. The van der Waals surface area contributed by atoms with E-state index in [0.717, 1.165) is 17.8 Å². The van der Waals surface area contributed by atoms with Crippen LogP contribution in [0.5, 0.6) is 0 Å². The van der Waals surface area contributed by atoms with E-state index in [4.69, 9.17) is 4.74 Å². The van der Waals surface area contributed by atoms with Gasteiger partial charge in [-0.1, -0.05) is 22.9 Å². The standard InChI is InChI=1S/C14H13BrFNO2S/c1-2-3-13-17-10(8-20-13)7-19-14(18)11-6-9(15)4-5-12(11)16/h4-6,8H,2-3,7H2,1H3. The van der Waals surface area contributed by atoms with E-state index < -0.39 is 11.8 Å². The van der Waals surface area contributed by atoms with Crippen molar-refractivity contribution in [3.8, 4) is 0 Å². The normalized spacial score (nSPS) is 10.6. The molecule has 0 atom stereocenters. The summed E-state index contributed by atoms with van der Waals surface area (Å²) < 4.78 is 19.2. The average Bonchev–Trinajstić information content (AvgIpc) is 2.87. The Balaban J connectivity index is 1.99. The van der Waals surface area contributed by atoms with Crippen LogP contribution in [0, 0.1) is 5.82 Å². The van der Waals surface area contributed by atoms with Crippen molar-refractivity contribution in [1.82, 2.24) is 4.98 Å². The first-order valence-corrected chi connectivity index (χ1v) is 7.83. The van der Waals surface area contributed by atoms with E-state index in [9.17, 15) is 9.18 Å². The van der Waals surface area contributed by atoms with Crippen molar-refractivity contribution < 1.29 is 13.9 Å². The molecule has 0 aliphatic heterocycles. The third-order valence-electron chi connectivity index (χ3n) is 2.56.